The Morgan fingerprint density at radius 2 is 2.36 bits per heavy atom. The lowest BCUT2D eigenvalue weighted by Crippen LogP contribution is -2.27. The SMILES string of the molecule is Cc1cccc(C(=O)N2CCSC2)c1. The Morgan fingerprint density at radius 1 is 1.50 bits per heavy atom. The van der Waals surface area contributed by atoms with Crippen LogP contribution in [0, 0.1) is 6.92 Å². The van der Waals surface area contributed by atoms with Gasteiger partial charge in [0.15, 0.2) is 0 Å². The normalized spacial score (nSPS) is 15.9. The molecule has 1 fully saturated rings. The van der Waals surface area contributed by atoms with Gasteiger partial charge >= 0.3 is 0 Å². The van der Waals surface area contributed by atoms with Gasteiger partial charge in [-0.05, 0) is 19.1 Å². The number of rotatable bonds is 1. The topological polar surface area (TPSA) is 20.3 Å². The lowest BCUT2D eigenvalue weighted by atomic mass is 10.1. The van der Waals surface area contributed by atoms with Gasteiger partial charge in [0.25, 0.3) is 5.91 Å². The van der Waals surface area contributed by atoms with Gasteiger partial charge in [-0.25, -0.2) is 0 Å². The van der Waals surface area contributed by atoms with Crippen LogP contribution in [-0.4, -0.2) is 29.0 Å². The van der Waals surface area contributed by atoms with E-state index in [4.69, 9.17) is 0 Å². The van der Waals surface area contributed by atoms with Gasteiger partial charge in [-0.2, -0.15) is 0 Å². The first kappa shape index (κ1) is 9.59. The van der Waals surface area contributed by atoms with E-state index in [2.05, 4.69) is 0 Å². The summed E-state index contributed by atoms with van der Waals surface area (Å²) in [4.78, 5) is 13.8. The Morgan fingerprint density at radius 3 is 3.00 bits per heavy atom. The summed E-state index contributed by atoms with van der Waals surface area (Å²) in [5.41, 5.74) is 1.95. The van der Waals surface area contributed by atoms with E-state index >= 15 is 0 Å². The van der Waals surface area contributed by atoms with Crippen molar-refractivity contribution in [1.82, 2.24) is 4.90 Å². The number of hydrogen-bond acceptors (Lipinski definition) is 2. The minimum absolute atomic E-state index is 0.165. The molecule has 1 aliphatic rings. The Kier molecular flexibility index (Phi) is 2.77. The maximum atomic E-state index is 11.9. The molecule has 1 aliphatic heterocycles. The highest BCUT2D eigenvalue weighted by Gasteiger charge is 2.19. The average Bonchev–Trinajstić information content (AvgIpc) is 2.69. The summed E-state index contributed by atoms with van der Waals surface area (Å²) in [6.45, 7) is 2.90. The van der Waals surface area contributed by atoms with Crippen molar-refractivity contribution < 1.29 is 4.79 Å². The second-order valence-corrected chi connectivity index (χ2v) is 4.55. The average molecular weight is 207 g/mol. The molecule has 1 aromatic carbocycles. The third-order valence-electron chi connectivity index (χ3n) is 2.30. The monoisotopic (exact) mass is 207 g/mol. The van der Waals surface area contributed by atoms with E-state index in [1.54, 1.807) is 0 Å². The molecule has 0 spiro atoms. The molecule has 1 saturated heterocycles. The summed E-state index contributed by atoms with van der Waals surface area (Å²) in [6, 6.07) is 7.78. The van der Waals surface area contributed by atoms with Gasteiger partial charge in [0.2, 0.25) is 0 Å². The van der Waals surface area contributed by atoms with Crippen molar-refractivity contribution in [1.29, 1.82) is 0 Å². The lowest BCUT2D eigenvalue weighted by molar-refractivity contribution is 0.0802. The molecular weight excluding hydrogens is 194 g/mol. The van der Waals surface area contributed by atoms with Crippen LogP contribution in [0.5, 0.6) is 0 Å². The highest BCUT2D eigenvalue weighted by atomic mass is 32.2. The summed E-state index contributed by atoms with van der Waals surface area (Å²) < 4.78 is 0. The van der Waals surface area contributed by atoms with Gasteiger partial charge in [-0.3, -0.25) is 4.79 Å². The van der Waals surface area contributed by atoms with Crippen molar-refractivity contribution >= 4 is 17.7 Å². The fourth-order valence-electron chi connectivity index (χ4n) is 1.53. The summed E-state index contributed by atoms with van der Waals surface area (Å²) >= 11 is 1.81. The maximum absolute atomic E-state index is 11.9. The zero-order valence-electron chi connectivity index (χ0n) is 8.19. The molecule has 0 saturated carbocycles. The van der Waals surface area contributed by atoms with Crippen LogP contribution in [0.25, 0.3) is 0 Å². The van der Waals surface area contributed by atoms with Gasteiger partial charge in [0.05, 0.1) is 5.88 Å². The standard InChI is InChI=1S/C11H13NOS/c1-9-3-2-4-10(7-9)11(13)12-5-6-14-8-12/h2-4,7H,5-6,8H2,1H3. The van der Waals surface area contributed by atoms with Crippen LogP contribution in [0.1, 0.15) is 15.9 Å². The predicted molar refractivity (Wildman–Crippen MR) is 59.5 cm³/mol. The number of nitrogens with zero attached hydrogens (tertiary/aromatic N) is 1. The zero-order chi connectivity index (χ0) is 9.97. The summed E-state index contributed by atoms with van der Waals surface area (Å²) in [5, 5.41) is 0. The van der Waals surface area contributed by atoms with Gasteiger partial charge in [0.1, 0.15) is 0 Å². The van der Waals surface area contributed by atoms with Crippen molar-refractivity contribution in [3.05, 3.63) is 35.4 Å². The number of amides is 1. The quantitative estimate of drug-likeness (QED) is 0.703. The Balaban J connectivity index is 2.17. The molecule has 0 atom stereocenters. The number of hydrogen-bond donors (Lipinski definition) is 0. The summed E-state index contributed by atoms with van der Waals surface area (Å²) in [6.07, 6.45) is 0. The van der Waals surface area contributed by atoms with Crippen molar-refractivity contribution in [3.8, 4) is 0 Å². The zero-order valence-corrected chi connectivity index (χ0v) is 9.01. The number of carbonyl (C=O) groups is 1. The first-order chi connectivity index (χ1) is 6.77. The molecule has 2 nitrogen and oxygen atoms in total. The van der Waals surface area contributed by atoms with Gasteiger partial charge in [0, 0.05) is 17.9 Å². The van der Waals surface area contributed by atoms with Crippen LogP contribution in [0.15, 0.2) is 24.3 Å². The number of aryl methyl sites for hydroxylation is 1. The molecule has 0 aliphatic carbocycles. The highest BCUT2D eigenvalue weighted by Crippen LogP contribution is 2.16. The van der Waals surface area contributed by atoms with Crippen molar-refractivity contribution in [2.24, 2.45) is 0 Å². The van der Waals surface area contributed by atoms with E-state index in [1.807, 2.05) is 47.9 Å². The Hall–Kier alpha value is -0.960. The van der Waals surface area contributed by atoms with Crippen molar-refractivity contribution in [2.75, 3.05) is 18.2 Å². The first-order valence-electron chi connectivity index (χ1n) is 4.71. The van der Waals surface area contributed by atoms with Crippen LogP contribution in [0.3, 0.4) is 0 Å². The molecule has 14 heavy (non-hydrogen) atoms. The minimum atomic E-state index is 0.165. The van der Waals surface area contributed by atoms with E-state index in [0.29, 0.717) is 0 Å². The largest absolute Gasteiger partial charge is 0.329 e. The molecule has 74 valence electrons. The van der Waals surface area contributed by atoms with E-state index in [9.17, 15) is 4.79 Å². The third kappa shape index (κ3) is 1.93. The third-order valence-corrected chi connectivity index (χ3v) is 3.27. The van der Waals surface area contributed by atoms with Crippen LogP contribution in [0.2, 0.25) is 0 Å². The predicted octanol–water partition coefficient (Wildman–Crippen LogP) is 2.14. The molecule has 1 amide bonds. The smallest absolute Gasteiger partial charge is 0.254 e. The van der Waals surface area contributed by atoms with Crippen LogP contribution < -0.4 is 0 Å². The van der Waals surface area contributed by atoms with Gasteiger partial charge in [-0.1, -0.05) is 17.7 Å². The van der Waals surface area contributed by atoms with Crippen LogP contribution in [-0.2, 0) is 0 Å². The highest BCUT2D eigenvalue weighted by molar-refractivity contribution is 7.99. The molecule has 0 radical (unpaired) electrons. The lowest BCUT2D eigenvalue weighted by Gasteiger charge is -2.14. The van der Waals surface area contributed by atoms with Crippen LogP contribution >= 0.6 is 11.8 Å². The molecule has 0 unspecified atom stereocenters. The second kappa shape index (κ2) is 4.05. The molecule has 0 N–H and O–H groups in total. The first-order valence-corrected chi connectivity index (χ1v) is 5.86. The van der Waals surface area contributed by atoms with E-state index in [-0.39, 0.29) is 5.91 Å². The summed E-state index contributed by atoms with van der Waals surface area (Å²) in [5.74, 6) is 2.07. The van der Waals surface area contributed by atoms with E-state index in [0.717, 1.165) is 29.3 Å². The maximum Gasteiger partial charge on any atom is 0.254 e. The van der Waals surface area contributed by atoms with Crippen LogP contribution in [0.4, 0.5) is 0 Å². The number of benzene rings is 1. The molecule has 2 rings (SSSR count). The summed E-state index contributed by atoms with van der Waals surface area (Å²) in [7, 11) is 0. The number of carbonyl (C=O) groups excluding carboxylic acids is 1. The van der Waals surface area contributed by atoms with E-state index in [1.165, 1.54) is 0 Å². The molecule has 1 heterocycles. The van der Waals surface area contributed by atoms with Crippen molar-refractivity contribution in [2.45, 2.75) is 6.92 Å². The fourth-order valence-corrected chi connectivity index (χ4v) is 2.48. The molecule has 0 bridgehead atoms. The van der Waals surface area contributed by atoms with Gasteiger partial charge in [-0.15, -0.1) is 11.8 Å². The fraction of sp³-hybridized carbons (Fsp3) is 0.364. The number of thioether (sulfide) groups is 1. The second-order valence-electron chi connectivity index (χ2n) is 3.48. The molecule has 0 aromatic heterocycles. The van der Waals surface area contributed by atoms with Crippen molar-refractivity contribution in [3.63, 3.8) is 0 Å². The molecular formula is C11H13NOS. The molecule has 3 heteroatoms. The van der Waals surface area contributed by atoms with E-state index < -0.39 is 0 Å². The Bertz CT molecular complexity index is 345. The minimum Gasteiger partial charge on any atom is -0.329 e. The Labute approximate surface area is 88.3 Å². The molecule has 1 aromatic rings. The van der Waals surface area contributed by atoms with Gasteiger partial charge < -0.3 is 4.90 Å².